The molecule has 2 N–H and O–H groups in total. The molecule has 0 fully saturated rings. The molecule has 0 bridgehead atoms. The maximum Gasteiger partial charge on any atom is 0.165 e. The van der Waals surface area contributed by atoms with Crippen LogP contribution in [-0.4, -0.2) is 38.8 Å². The van der Waals surface area contributed by atoms with Crippen LogP contribution in [0.4, 0.5) is 0 Å². The van der Waals surface area contributed by atoms with Gasteiger partial charge < -0.3 is 15.2 Å². The Kier molecular flexibility index (Phi) is 6.30. The smallest absolute Gasteiger partial charge is 0.165 e. The van der Waals surface area contributed by atoms with E-state index in [-0.39, 0.29) is 6.04 Å². The Hall–Kier alpha value is -1.26. The van der Waals surface area contributed by atoms with E-state index in [1.54, 1.807) is 14.2 Å². The quantitative estimate of drug-likeness (QED) is 0.834. The molecule has 0 aliphatic carbocycles. The molecule has 2 atom stereocenters. The number of hydrogen-bond acceptors (Lipinski definition) is 4. The van der Waals surface area contributed by atoms with Crippen molar-refractivity contribution in [3.63, 3.8) is 0 Å². The fraction of sp³-hybridized carbons (Fsp3) is 0.625. The van der Waals surface area contributed by atoms with Crippen molar-refractivity contribution in [1.29, 1.82) is 0 Å². The van der Waals surface area contributed by atoms with Gasteiger partial charge in [0.2, 0.25) is 0 Å². The Bertz CT molecular complexity index is 421. The van der Waals surface area contributed by atoms with Crippen LogP contribution in [0.25, 0.3) is 0 Å². The molecule has 0 aliphatic heterocycles. The van der Waals surface area contributed by atoms with Gasteiger partial charge in [0.15, 0.2) is 11.5 Å². The second kappa shape index (κ2) is 7.50. The van der Waals surface area contributed by atoms with Gasteiger partial charge in [-0.15, -0.1) is 0 Å². The van der Waals surface area contributed by atoms with E-state index < -0.39 is 0 Å². The van der Waals surface area contributed by atoms with Gasteiger partial charge >= 0.3 is 0 Å². The molecule has 0 saturated carbocycles. The second-order valence-corrected chi connectivity index (χ2v) is 5.48. The van der Waals surface area contributed by atoms with E-state index in [0.717, 1.165) is 17.1 Å². The average molecular weight is 280 g/mol. The number of methoxy groups -OCH3 is 2. The van der Waals surface area contributed by atoms with E-state index in [4.69, 9.17) is 15.2 Å². The van der Waals surface area contributed by atoms with Crippen molar-refractivity contribution < 1.29 is 9.47 Å². The molecule has 1 aromatic rings. The first-order valence-electron chi connectivity index (χ1n) is 7.10. The number of nitrogens with two attached hydrogens (primary N) is 1. The summed E-state index contributed by atoms with van der Waals surface area (Å²) < 4.78 is 10.9. The summed E-state index contributed by atoms with van der Waals surface area (Å²) in [7, 11) is 5.43. The number of ether oxygens (including phenoxy) is 2. The zero-order chi connectivity index (χ0) is 15.3. The summed E-state index contributed by atoms with van der Waals surface area (Å²) in [5, 5.41) is 0. The SMILES string of the molecule is COc1cccc(C(CN)N(C)C(C)C(C)C)c1OC. The van der Waals surface area contributed by atoms with Crippen molar-refractivity contribution in [3.05, 3.63) is 23.8 Å². The molecule has 0 aromatic heterocycles. The summed E-state index contributed by atoms with van der Waals surface area (Å²) in [6.45, 7) is 7.20. The molecule has 0 saturated heterocycles. The lowest BCUT2D eigenvalue weighted by atomic mass is 9.98. The Labute approximate surface area is 122 Å². The van der Waals surface area contributed by atoms with Crippen molar-refractivity contribution >= 4 is 0 Å². The predicted octanol–water partition coefficient (Wildman–Crippen LogP) is 2.68. The Balaban J connectivity index is 3.18. The summed E-state index contributed by atoms with van der Waals surface area (Å²) in [5.41, 5.74) is 7.09. The van der Waals surface area contributed by atoms with E-state index in [0.29, 0.717) is 18.5 Å². The van der Waals surface area contributed by atoms with Crippen LogP contribution in [0.3, 0.4) is 0 Å². The highest BCUT2D eigenvalue weighted by atomic mass is 16.5. The third kappa shape index (κ3) is 3.44. The molecule has 2 unspecified atom stereocenters. The lowest BCUT2D eigenvalue weighted by Crippen LogP contribution is -2.39. The minimum Gasteiger partial charge on any atom is -0.493 e. The van der Waals surface area contributed by atoms with Crippen molar-refractivity contribution in [2.75, 3.05) is 27.8 Å². The van der Waals surface area contributed by atoms with Gasteiger partial charge in [-0.25, -0.2) is 0 Å². The fourth-order valence-electron chi connectivity index (χ4n) is 2.44. The van der Waals surface area contributed by atoms with Gasteiger partial charge in [0.25, 0.3) is 0 Å². The van der Waals surface area contributed by atoms with E-state index in [9.17, 15) is 0 Å². The minimum absolute atomic E-state index is 0.109. The molecular weight excluding hydrogens is 252 g/mol. The molecule has 1 aromatic carbocycles. The van der Waals surface area contributed by atoms with Crippen LogP contribution in [0, 0.1) is 5.92 Å². The zero-order valence-electron chi connectivity index (χ0n) is 13.5. The van der Waals surface area contributed by atoms with Gasteiger partial charge in [0.1, 0.15) is 0 Å². The number of hydrogen-bond donors (Lipinski definition) is 1. The topological polar surface area (TPSA) is 47.7 Å². The summed E-state index contributed by atoms with van der Waals surface area (Å²) in [6.07, 6.45) is 0. The molecule has 0 radical (unpaired) electrons. The van der Waals surface area contributed by atoms with Gasteiger partial charge in [-0.2, -0.15) is 0 Å². The minimum atomic E-state index is 0.109. The highest BCUT2D eigenvalue weighted by Crippen LogP contribution is 2.37. The van der Waals surface area contributed by atoms with Crippen LogP contribution in [-0.2, 0) is 0 Å². The fourth-order valence-corrected chi connectivity index (χ4v) is 2.44. The van der Waals surface area contributed by atoms with Gasteiger partial charge in [-0.3, -0.25) is 4.90 Å². The molecule has 0 amide bonds. The maximum atomic E-state index is 6.02. The lowest BCUT2D eigenvalue weighted by Gasteiger charge is -2.35. The number of para-hydroxylation sites is 1. The highest BCUT2D eigenvalue weighted by Gasteiger charge is 2.26. The van der Waals surface area contributed by atoms with Crippen LogP contribution in [0.2, 0.25) is 0 Å². The number of rotatable bonds is 7. The average Bonchev–Trinajstić information content (AvgIpc) is 2.46. The Morgan fingerprint density at radius 2 is 1.80 bits per heavy atom. The van der Waals surface area contributed by atoms with E-state index in [1.165, 1.54) is 0 Å². The lowest BCUT2D eigenvalue weighted by molar-refractivity contribution is 0.149. The largest absolute Gasteiger partial charge is 0.493 e. The zero-order valence-corrected chi connectivity index (χ0v) is 13.5. The van der Waals surface area contributed by atoms with Crippen molar-refractivity contribution in [1.82, 2.24) is 4.90 Å². The first-order chi connectivity index (χ1) is 9.47. The monoisotopic (exact) mass is 280 g/mol. The van der Waals surface area contributed by atoms with Gasteiger partial charge in [0.05, 0.1) is 20.3 Å². The highest BCUT2D eigenvalue weighted by molar-refractivity contribution is 5.48. The third-order valence-electron chi connectivity index (χ3n) is 4.11. The normalized spacial score (nSPS) is 14.4. The van der Waals surface area contributed by atoms with Gasteiger partial charge in [-0.05, 0) is 26.0 Å². The number of benzene rings is 1. The van der Waals surface area contributed by atoms with E-state index in [1.807, 2.05) is 12.1 Å². The molecule has 1 rings (SSSR count). The van der Waals surface area contributed by atoms with Gasteiger partial charge in [-0.1, -0.05) is 26.0 Å². The molecule has 114 valence electrons. The Morgan fingerprint density at radius 3 is 2.25 bits per heavy atom. The molecular formula is C16H28N2O2. The van der Waals surface area contributed by atoms with Crippen LogP contribution < -0.4 is 15.2 Å². The molecule has 0 spiro atoms. The number of likely N-dealkylation sites (N-methyl/N-ethyl adjacent to an activating group) is 1. The van der Waals surface area contributed by atoms with Crippen molar-refractivity contribution in [2.45, 2.75) is 32.9 Å². The summed E-state index contributed by atoms with van der Waals surface area (Å²) >= 11 is 0. The Morgan fingerprint density at radius 1 is 1.15 bits per heavy atom. The maximum absolute atomic E-state index is 6.02. The second-order valence-electron chi connectivity index (χ2n) is 5.48. The molecule has 0 aliphatic rings. The van der Waals surface area contributed by atoms with Gasteiger partial charge in [0, 0.05) is 18.2 Å². The predicted molar refractivity (Wildman–Crippen MR) is 83.4 cm³/mol. The van der Waals surface area contributed by atoms with Crippen LogP contribution in [0.15, 0.2) is 18.2 Å². The summed E-state index contributed by atoms with van der Waals surface area (Å²) in [5.74, 6) is 2.08. The van der Waals surface area contributed by atoms with Crippen LogP contribution >= 0.6 is 0 Å². The van der Waals surface area contributed by atoms with E-state index >= 15 is 0 Å². The summed E-state index contributed by atoms with van der Waals surface area (Å²) in [6, 6.07) is 6.48. The third-order valence-corrected chi connectivity index (χ3v) is 4.11. The number of nitrogens with zero attached hydrogens (tertiary/aromatic N) is 1. The van der Waals surface area contributed by atoms with Crippen molar-refractivity contribution in [3.8, 4) is 11.5 Å². The van der Waals surface area contributed by atoms with E-state index in [2.05, 4.69) is 38.8 Å². The van der Waals surface area contributed by atoms with Crippen molar-refractivity contribution in [2.24, 2.45) is 11.7 Å². The van der Waals surface area contributed by atoms with Crippen LogP contribution in [0.1, 0.15) is 32.4 Å². The first kappa shape index (κ1) is 16.8. The molecule has 0 heterocycles. The summed E-state index contributed by atoms with van der Waals surface area (Å²) in [4.78, 5) is 2.31. The molecule has 4 nitrogen and oxygen atoms in total. The molecule has 20 heavy (non-hydrogen) atoms. The first-order valence-corrected chi connectivity index (χ1v) is 7.10. The standard InChI is InChI=1S/C16H28N2O2/c1-11(2)12(3)18(4)14(10-17)13-8-7-9-15(19-5)16(13)20-6/h7-9,11-12,14H,10,17H2,1-6H3. The van der Waals surface area contributed by atoms with Crippen LogP contribution in [0.5, 0.6) is 11.5 Å². The molecule has 4 heteroatoms.